The molecule has 0 saturated carbocycles. The molecule has 4 heteroatoms. The van der Waals surface area contributed by atoms with E-state index in [1.807, 2.05) is 72.8 Å². The fourth-order valence-electron chi connectivity index (χ4n) is 2.83. The van der Waals surface area contributed by atoms with E-state index in [9.17, 15) is 14.7 Å². The lowest BCUT2D eigenvalue weighted by Crippen LogP contribution is -2.41. The predicted molar refractivity (Wildman–Crippen MR) is 103 cm³/mol. The van der Waals surface area contributed by atoms with Crippen molar-refractivity contribution in [2.75, 3.05) is 0 Å². The highest BCUT2D eigenvalue weighted by molar-refractivity contribution is 5.98. The standard InChI is InChI=1S/C22H19NO3/c24-21(23-20(22(25)26)15-16-7-2-1-3-8-16)14-13-18-11-6-10-17-9-4-5-12-19(17)18/h1-14,20H,15H2,(H,23,24)(H,25,26)/t20-/m1/s1. The van der Waals surface area contributed by atoms with E-state index >= 15 is 0 Å². The van der Waals surface area contributed by atoms with Crippen molar-refractivity contribution < 1.29 is 14.7 Å². The van der Waals surface area contributed by atoms with Crippen molar-refractivity contribution in [3.63, 3.8) is 0 Å². The van der Waals surface area contributed by atoms with Gasteiger partial charge in [-0.15, -0.1) is 0 Å². The quantitative estimate of drug-likeness (QED) is 0.670. The van der Waals surface area contributed by atoms with Crippen LogP contribution in [0.4, 0.5) is 0 Å². The monoisotopic (exact) mass is 345 g/mol. The largest absolute Gasteiger partial charge is 0.480 e. The van der Waals surface area contributed by atoms with Gasteiger partial charge in [-0.1, -0.05) is 72.8 Å². The van der Waals surface area contributed by atoms with E-state index in [2.05, 4.69) is 5.32 Å². The molecule has 0 bridgehead atoms. The molecule has 0 fully saturated rings. The molecule has 0 unspecified atom stereocenters. The summed E-state index contributed by atoms with van der Waals surface area (Å²) >= 11 is 0. The number of carbonyl (C=O) groups is 2. The van der Waals surface area contributed by atoms with E-state index in [-0.39, 0.29) is 6.42 Å². The van der Waals surface area contributed by atoms with Gasteiger partial charge in [0.1, 0.15) is 6.04 Å². The zero-order valence-corrected chi connectivity index (χ0v) is 14.1. The summed E-state index contributed by atoms with van der Waals surface area (Å²) in [5.74, 6) is -1.48. The van der Waals surface area contributed by atoms with Crippen molar-refractivity contribution >= 4 is 28.7 Å². The summed E-state index contributed by atoms with van der Waals surface area (Å²) in [7, 11) is 0. The molecule has 0 saturated heterocycles. The van der Waals surface area contributed by atoms with Crippen molar-refractivity contribution in [1.29, 1.82) is 0 Å². The van der Waals surface area contributed by atoms with Crippen LogP contribution in [0.2, 0.25) is 0 Å². The van der Waals surface area contributed by atoms with Crippen LogP contribution in [0.1, 0.15) is 11.1 Å². The normalized spacial score (nSPS) is 12.2. The minimum atomic E-state index is -1.05. The number of rotatable bonds is 6. The maximum atomic E-state index is 12.2. The first-order valence-corrected chi connectivity index (χ1v) is 8.36. The average molecular weight is 345 g/mol. The van der Waals surface area contributed by atoms with Gasteiger partial charge in [0.05, 0.1) is 0 Å². The predicted octanol–water partition coefficient (Wildman–Crippen LogP) is 3.67. The van der Waals surface area contributed by atoms with E-state index in [4.69, 9.17) is 0 Å². The van der Waals surface area contributed by atoms with E-state index in [1.165, 1.54) is 6.08 Å². The molecule has 1 amide bonds. The highest BCUT2D eigenvalue weighted by atomic mass is 16.4. The summed E-state index contributed by atoms with van der Waals surface area (Å²) in [6, 6.07) is 22.0. The third-order valence-electron chi connectivity index (χ3n) is 4.13. The number of carboxylic acids is 1. The van der Waals surface area contributed by atoms with Gasteiger partial charge in [0, 0.05) is 12.5 Å². The molecule has 0 aromatic heterocycles. The molecular weight excluding hydrogens is 326 g/mol. The maximum absolute atomic E-state index is 12.2. The maximum Gasteiger partial charge on any atom is 0.326 e. The van der Waals surface area contributed by atoms with Crippen molar-refractivity contribution in [1.82, 2.24) is 5.32 Å². The Morgan fingerprint density at radius 2 is 1.62 bits per heavy atom. The molecule has 3 aromatic carbocycles. The molecule has 130 valence electrons. The molecule has 0 radical (unpaired) electrons. The summed E-state index contributed by atoms with van der Waals surface area (Å²) in [4.78, 5) is 23.6. The van der Waals surface area contributed by atoms with Gasteiger partial charge >= 0.3 is 5.97 Å². The molecule has 0 aliphatic rings. The van der Waals surface area contributed by atoms with E-state index in [0.29, 0.717) is 0 Å². The van der Waals surface area contributed by atoms with Crippen LogP contribution in [-0.2, 0) is 16.0 Å². The third-order valence-corrected chi connectivity index (χ3v) is 4.13. The molecule has 1 atom stereocenters. The Bertz CT molecular complexity index is 943. The Morgan fingerprint density at radius 1 is 0.923 bits per heavy atom. The number of fused-ring (bicyclic) bond motifs is 1. The van der Waals surface area contributed by atoms with Crippen LogP contribution in [-0.4, -0.2) is 23.0 Å². The van der Waals surface area contributed by atoms with Gasteiger partial charge in [-0.05, 0) is 28.0 Å². The van der Waals surface area contributed by atoms with E-state index < -0.39 is 17.9 Å². The van der Waals surface area contributed by atoms with Crippen LogP contribution >= 0.6 is 0 Å². The SMILES string of the molecule is O=C(C=Cc1cccc2ccccc12)N[C@H](Cc1ccccc1)C(=O)O. The van der Waals surface area contributed by atoms with Gasteiger partial charge < -0.3 is 10.4 Å². The van der Waals surface area contributed by atoms with Gasteiger partial charge in [0.25, 0.3) is 0 Å². The summed E-state index contributed by atoms with van der Waals surface area (Å²) in [5.41, 5.74) is 1.77. The fourth-order valence-corrected chi connectivity index (χ4v) is 2.83. The number of benzene rings is 3. The molecule has 3 aromatic rings. The van der Waals surface area contributed by atoms with Crippen LogP contribution in [0.5, 0.6) is 0 Å². The zero-order valence-electron chi connectivity index (χ0n) is 14.1. The Labute approximate surface area is 151 Å². The van der Waals surface area contributed by atoms with Crippen molar-refractivity contribution in [3.8, 4) is 0 Å². The van der Waals surface area contributed by atoms with Crippen LogP contribution < -0.4 is 5.32 Å². The molecule has 0 heterocycles. The van der Waals surface area contributed by atoms with Crippen LogP contribution in [0.25, 0.3) is 16.8 Å². The minimum Gasteiger partial charge on any atom is -0.480 e. The van der Waals surface area contributed by atoms with Gasteiger partial charge in [-0.25, -0.2) is 4.79 Å². The Balaban J connectivity index is 1.72. The lowest BCUT2D eigenvalue weighted by atomic mass is 10.0. The summed E-state index contributed by atoms with van der Waals surface area (Å²) in [6.07, 6.45) is 3.33. The van der Waals surface area contributed by atoms with Crippen LogP contribution in [0, 0.1) is 0 Å². The zero-order chi connectivity index (χ0) is 18.4. The van der Waals surface area contributed by atoms with E-state index in [0.717, 1.165) is 21.9 Å². The Hall–Kier alpha value is -3.40. The molecule has 4 nitrogen and oxygen atoms in total. The van der Waals surface area contributed by atoms with Crippen LogP contribution in [0.3, 0.4) is 0 Å². The topological polar surface area (TPSA) is 66.4 Å². The minimum absolute atomic E-state index is 0.240. The first-order chi connectivity index (χ1) is 12.6. The van der Waals surface area contributed by atoms with E-state index in [1.54, 1.807) is 6.08 Å². The molecule has 0 spiro atoms. The van der Waals surface area contributed by atoms with Gasteiger partial charge in [-0.3, -0.25) is 4.79 Å². The summed E-state index contributed by atoms with van der Waals surface area (Å²) < 4.78 is 0. The molecule has 0 aliphatic heterocycles. The number of amides is 1. The van der Waals surface area contributed by atoms with Gasteiger partial charge in [0.15, 0.2) is 0 Å². The lowest BCUT2D eigenvalue weighted by molar-refractivity contribution is -0.141. The number of nitrogens with one attached hydrogen (secondary N) is 1. The van der Waals surface area contributed by atoms with Gasteiger partial charge in [0.2, 0.25) is 5.91 Å². The number of aliphatic carboxylic acids is 1. The second kappa shape index (κ2) is 8.12. The number of carboxylic acid groups (broad SMARTS) is 1. The first kappa shape index (κ1) is 17.4. The molecule has 3 rings (SSSR count). The lowest BCUT2D eigenvalue weighted by Gasteiger charge is -2.13. The molecule has 0 aliphatic carbocycles. The number of carbonyl (C=O) groups excluding carboxylic acids is 1. The Morgan fingerprint density at radius 3 is 2.38 bits per heavy atom. The van der Waals surface area contributed by atoms with Crippen molar-refractivity contribution in [2.45, 2.75) is 12.5 Å². The fraction of sp³-hybridized carbons (Fsp3) is 0.0909. The molecule has 26 heavy (non-hydrogen) atoms. The van der Waals surface area contributed by atoms with Gasteiger partial charge in [-0.2, -0.15) is 0 Å². The Kier molecular flexibility index (Phi) is 5.44. The van der Waals surface area contributed by atoms with Crippen molar-refractivity contribution in [3.05, 3.63) is 90.0 Å². The highest BCUT2D eigenvalue weighted by Crippen LogP contribution is 2.19. The number of hydrogen-bond donors (Lipinski definition) is 2. The van der Waals surface area contributed by atoms with Crippen molar-refractivity contribution in [2.24, 2.45) is 0 Å². The smallest absolute Gasteiger partial charge is 0.326 e. The first-order valence-electron chi connectivity index (χ1n) is 8.36. The summed E-state index contributed by atoms with van der Waals surface area (Å²) in [5, 5.41) is 14.1. The molecular formula is C22H19NO3. The summed E-state index contributed by atoms with van der Waals surface area (Å²) in [6.45, 7) is 0. The number of hydrogen-bond acceptors (Lipinski definition) is 2. The highest BCUT2D eigenvalue weighted by Gasteiger charge is 2.19. The second-order valence-electron chi connectivity index (χ2n) is 5.99. The molecule has 2 N–H and O–H groups in total. The average Bonchev–Trinajstić information content (AvgIpc) is 2.66. The second-order valence-corrected chi connectivity index (χ2v) is 5.99. The third kappa shape index (κ3) is 4.36. The van der Waals surface area contributed by atoms with Crippen LogP contribution in [0.15, 0.2) is 78.9 Å².